The fraction of sp³-hybridized carbons (Fsp3) is 0.662. The number of hydrogen-bond donors (Lipinski definition) is 2. The van der Waals surface area contributed by atoms with Gasteiger partial charge in [-0.2, -0.15) is 0 Å². The number of nitrogens with two attached hydrogens (primary N) is 1. The molecule has 10 heteroatoms. The monoisotopic (exact) mass is 1150 g/mol. The van der Waals surface area contributed by atoms with Crippen LogP contribution in [0.25, 0.3) is 0 Å². The minimum absolute atomic E-state index is 0.0424. The molecule has 0 saturated carbocycles. The van der Waals surface area contributed by atoms with Crippen molar-refractivity contribution in [1.82, 2.24) is 0 Å². The zero-order valence-electron chi connectivity index (χ0n) is 51.7. The normalized spacial score (nSPS) is 13.9. The van der Waals surface area contributed by atoms with Crippen LogP contribution < -0.4 is 5.73 Å². The number of unbranched alkanes of at least 4 members (excludes halogenated alkanes) is 25. The molecule has 0 rings (SSSR count). The van der Waals surface area contributed by atoms with Gasteiger partial charge in [-0.1, -0.05) is 276 Å². The van der Waals surface area contributed by atoms with Gasteiger partial charge < -0.3 is 20.1 Å². The first kappa shape index (κ1) is 77.2. The van der Waals surface area contributed by atoms with Crippen molar-refractivity contribution < 1.29 is 37.6 Å². The quantitative estimate of drug-likeness (QED) is 0.0264. The zero-order valence-corrected chi connectivity index (χ0v) is 52.6. The van der Waals surface area contributed by atoms with E-state index in [9.17, 15) is 19.0 Å². The topological polar surface area (TPSA) is 134 Å². The Kier molecular flexibility index (Phi) is 62.2. The van der Waals surface area contributed by atoms with E-state index in [0.29, 0.717) is 6.42 Å². The minimum Gasteiger partial charge on any atom is -0.462 e. The van der Waals surface area contributed by atoms with Crippen LogP contribution >= 0.6 is 7.82 Å². The molecule has 0 heterocycles. The van der Waals surface area contributed by atoms with Gasteiger partial charge in [0.1, 0.15) is 6.61 Å². The van der Waals surface area contributed by atoms with Gasteiger partial charge in [-0.05, 0) is 116 Å². The molecule has 0 saturated heterocycles. The van der Waals surface area contributed by atoms with Crippen molar-refractivity contribution in [1.29, 1.82) is 0 Å². The molecule has 462 valence electrons. The average molecular weight is 1150 g/mol. The van der Waals surface area contributed by atoms with Gasteiger partial charge in [0.25, 0.3) is 0 Å². The molecule has 0 bridgehead atoms. The van der Waals surface area contributed by atoms with Crippen molar-refractivity contribution in [3.05, 3.63) is 134 Å². The Morgan fingerprint density at radius 3 is 1.01 bits per heavy atom. The highest BCUT2D eigenvalue weighted by molar-refractivity contribution is 7.47. The minimum atomic E-state index is -4.41. The van der Waals surface area contributed by atoms with E-state index in [1.54, 1.807) is 0 Å². The van der Waals surface area contributed by atoms with Crippen molar-refractivity contribution in [2.75, 3.05) is 26.4 Å². The van der Waals surface area contributed by atoms with Crippen molar-refractivity contribution in [3.8, 4) is 0 Å². The molecule has 0 amide bonds. The number of rotatable bonds is 60. The van der Waals surface area contributed by atoms with Crippen LogP contribution in [0.3, 0.4) is 0 Å². The highest BCUT2D eigenvalue weighted by Crippen LogP contribution is 2.43. The van der Waals surface area contributed by atoms with Gasteiger partial charge in [0.15, 0.2) is 6.10 Å². The van der Waals surface area contributed by atoms with Crippen LogP contribution in [-0.2, 0) is 32.7 Å². The Morgan fingerprint density at radius 2 is 0.679 bits per heavy atom. The molecule has 2 unspecified atom stereocenters. The van der Waals surface area contributed by atoms with Gasteiger partial charge in [-0.15, -0.1) is 0 Å². The van der Waals surface area contributed by atoms with Gasteiger partial charge in [-0.3, -0.25) is 18.6 Å². The van der Waals surface area contributed by atoms with E-state index >= 15 is 0 Å². The lowest BCUT2D eigenvalue weighted by Gasteiger charge is -2.19. The molecular formula is C71H120NO8P. The number of ether oxygens (including phenoxy) is 2. The Labute approximate surface area is 497 Å². The molecule has 0 aliphatic rings. The first-order valence-corrected chi connectivity index (χ1v) is 34.2. The summed E-state index contributed by atoms with van der Waals surface area (Å²) in [4.78, 5) is 35.3. The number of esters is 2. The summed E-state index contributed by atoms with van der Waals surface area (Å²) >= 11 is 0. The molecule has 0 aliphatic heterocycles. The van der Waals surface area contributed by atoms with Crippen LogP contribution in [0.15, 0.2) is 134 Å². The summed E-state index contributed by atoms with van der Waals surface area (Å²) in [6, 6.07) is 0. The Morgan fingerprint density at radius 1 is 0.383 bits per heavy atom. The average Bonchev–Trinajstić information content (AvgIpc) is 3.46. The van der Waals surface area contributed by atoms with Gasteiger partial charge in [-0.25, -0.2) is 4.57 Å². The van der Waals surface area contributed by atoms with Crippen molar-refractivity contribution in [2.45, 2.75) is 277 Å². The van der Waals surface area contributed by atoms with Crippen LogP contribution in [0.1, 0.15) is 271 Å². The predicted octanol–water partition coefficient (Wildman–Crippen LogP) is 21.3. The van der Waals surface area contributed by atoms with Crippen molar-refractivity contribution in [3.63, 3.8) is 0 Å². The molecule has 0 aromatic carbocycles. The van der Waals surface area contributed by atoms with Gasteiger partial charge in [0.05, 0.1) is 13.2 Å². The summed E-state index contributed by atoms with van der Waals surface area (Å²) < 4.78 is 33.1. The van der Waals surface area contributed by atoms with Crippen LogP contribution in [0.4, 0.5) is 0 Å². The summed E-state index contributed by atoms with van der Waals surface area (Å²) in [5.41, 5.74) is 5.39. The molecule has 0 aliphatic carbocycles. The van der Waals surface area contributed by atoms with E-state index in [4.69, 9.17) is 24.3 Å². The molecular weight excluding hydrogens is 1030 g/mol. The van der Waals surface area contributed by atoms with E-state index in [1.807, 2.05) is 0 Å². The number of carbonyl (C=O) groups excluding carboxylic acids is 2. The number of hydrogen-bond acceptors (Lipinski definition) is 8. The van der Waals surface area contributed by atoms with Crippen molar-refractivity contribution in [2.24, 2.45) is 5.73 Å². The number of carbonyl (C=O) groups is 2. The first-order valence-electron chi connectivity index (χ1n) is 32.7. The van der Waals surface area contributed by atoms with Crippen LogP contribution in [0, 0.1) is 0 Å². The Bertz CT molecular complexity index is 1790. The van der Waals surface area contributed by atoms with Crippen LogP contribution in [-0.4, -0.2) is 49.3 Å². The third-order valence-electron chi connectivity index (χ3n) is 13.5. The Hall–Kier alpha value is -3.85. The second-order valence-corrected chi connectivity index (χ2v) is 22.7. The smallest absolute Gasteiger partial charge is 0.462 e. The summed E-state index contributed by atoms with van der Waals surface area (Å²) in [5.74, 6) is -0.860. The lowest BCUT2D eigenvalue weighted by molar-refractivity contribution is -0.161. The van der Waals surface area contributed by atoms with E-state index in [-0.39, 0.29) is 32.6 Å². The summed E-state index contributed by atoms with van der Waals surface area (Å²) in [7, 11) is -4.41. The molecule has 0 spiro atoms. The SMILES string of the molecule is CC/C=C\C/C=C\C/C=C\C/C=C\C/C=C\C/C=C\C/C=C\C/C=C\CCCCCCC(=O)OC(COC(=O)CCCCCCCCCCCCCCCCCC/C=C\C/C=C\C/C=C\CCCCCCC)COP(=O)(O)OCCN. The summed E-state index contributed by atoms with van der Waals surface area (Å²) in [5, 5.41) is 0. The standard InChI is InChI=1S/C71H120NO8P/c1-3-5-7-9-11-13-15-17-19-21-23-25-27-29-31-33-34-36-37-39-41-43-45-47-49-51-53-55-57-59-61-63-70(73)77-67-69(68-79-81(75,76)78-66-65-72)80-71(74)64-62-60-58-56-54-52-50-48-46-44-42-40-38-35-32-30-28-26-24-22-20-18-16-14-12-10-8-6-4-2/h6,8,12,14-15,17-18,20-21,23-24,26-27,29-30,32,38,40,44,46,50,52,69H,3-5,7,9-11,13,16,19,22,25,28,31,33-37,39,41-43,45,47-49,51,53-68,72H2,1-2H3,(H,75,76)/b8-6-,14-12-,17-15-,20-18-,23-21-,26-24-,29-27-,32-30-,40-38-,46-44-,52-50-. The Balaban J connectivity index is 4.00. The third kappa shape index (κ3) is 65.2. The van der Waals surface area contributed by atoms with E-state index in [0.717, 1.165) is 109 Å². The second-order valence-electron chi connectivity index (χ2n) is 21.2. The highest BCUT2D eigenvalue weighted by Gasteiger charge is 2.26. The second kappa shape index (κ2) is 65.3. The molecule has 0 aromatic heterocycles. The molecule has 9 nitrogen and oxygen atoms in total. The fourth-order valence-corrected chi connectivity index (χ4v) is 9.48. The van der Waals surface area contributed by atoms with E-state index < -0.39 is 32.5 Å². The molecule has 0 radical (unpaired) electrons. The van der Waals surface area contributed by atoms with Gasteiger partial charge in [0, 0.05) is 19.4 Å². The maximum absolute atomic E-state index is 12.7. The molecule has 81 heavy (non-hydrogen) atoms. The van der Waals surface area contributed by atoms with E-state index in [2.05, 4.69) is 148 Å². The number of phosphoric ester groups is 1. The molecule has 2 atom stereocenters. The largest absolute Gasteiger partial charge is 0.472 e. The van der Waals surface area contributed by atoms with Crippen LogP contribution in [0.2, 0.25) is 0 Å². The fourth-order valence-electron chi connectivity index (χ4n) is 8.72. The van der Waals surface area contributed by atoms with Gasteiger partial charge >= 0.3 is 19.8 Å². The lowest BCUT2D eigenvalue weighted by atomic mass is 10.0. The summed E-state index contributed by atoms with van der Waals surface area (Å²) in [6.07, 6.45) is 92.4. The first-order chi connectivity index (χ1) is 39.8. The molecule has 0 aromatic rings. The third-order valence-corrected chi connectivity index (χ3v) is 14.5. The summed E-state index contributed by atoms with van der Waals surface area (Å²) in [6.45, 7) is 3.59. The maximum atomic E-state index is 12.7. The van der Waals surface area contributed by atoms with Crippen molar-refractivity contribution >= 4 is 19.8 Å². The maximum Gasteiger partial charge on any atom is 0.472 e. The lowest BCUT2D eigenvalue weighted by Crippen LogP contribution is -2.29. The molecule has 0 fully saturated rings. The predicted molar refractivity (Wildman–Crippen MR) is 348 cm³/mol. The van der Waals surface area contributed by atoms with Gasteiger partial charge in [0.2, 0.25) is 0 Å². The van der Waals surface area contributed by atoms with Crippen LogP contribution in [0.5, 0.6) is 0 Å². The zero-order chi connectivity index (χ0) is 58.7. The van der Waals surface area contributed by atoms with E-state index in [1.165, 1.54) is 128 Å². The number of allylic oxidation sites excluding steroid dienone is 22. The highest BCUT2D eigenvalue weighted by atomic mass is 31.2. The molecule has 3 N–H and O–H groups in total. The number of phosphoric acid groups is 1.